The molecule has 5 nitrogen and oxygen atoms in total. The predicted molar refractivity (Wildman–Crippen MR) is 76.2 cm³/mol. The molecule has 0 radical (unpaired) electrons. The topological polar surface area (TPSA) is 75.6 Å². The molecule has 0 unspecified atom stereocenters. The molecule has 0 saturated carbocycles. The van der Waals surface area contributed by atoms with E-state index < -0.39 is 12.0 Å². The molecule has 6 heteroatoms. The van der Waals surface area contributed by atoms with Gasteiger partial charge in [-0.25, -0.2) is 0 Å². The van der Waals surface area contributed by atoms with Crippen LogP contribution in [0.25, 0.3) is 0 Å². The number of carbonyl (C=O) groups is 2. The van der Waals surface area contributed by atoms with Gasteiger partial charge in [0, 0.05) is 18.0 Å². The van der Waals surface area contributed by atoms with Crippen LogP contribution in [0.5, 0.6) is 5.75 Å². The highest BCUT2D eigenvalue weighted by Crippen LogP contribution is 2.23. The molecule has 20 heavy (non-hydrogen) atoms. The number of aryl methyl sites for hydroxylation is 1. The van der Waals surface area contributed by atoms with Crippen molar-refractivity contribution in [2.24, 2.45) is 0 Å². The molecule has 0 bridgehead atoms. The largest absolute Gasteiger partial charge is 0.497 e. The van der Waals surface area contributed by atoms with Gasteiger partial charge < -0.3 is 15.2 Å². The minimum Gasteiger partial charge on any atom is -0.497 e. The molecule has 1 atom stereocenters. The van der Waals surface area contributed by atoms with Crippen LogP contribution >= 0.6 is 11.6 Å². The van der Waals surface area contributed by atoms with Gasteiger partial charge in [0.05, 0.1) is 13.5 Å². The molecule has 1 rings (SSSR count). The second kappa shape index (κ2) is 7.75. The molecule has 110 valence electrons. The molecular formula is C14H18ClNO4. The van der Waals surface area contributed by atoms with E-state index in [4.69, 9.17) is 21.4 Å². The highest BCUT2D eigenvalue weighted by molar-refractivity contribution is 6.31. The number of amides is 1. The minimum absolute atomic E-state index is 0.110. The molecule has 0 heterocycles. The van der Waals surface area contributed by atoms with E-state index in [0.717, 1.165) is 5.56 Å². The fraction of sp³-hybridized carbons (Fsp3) is 0.429. The molecule has 0 fully saturated rings. The summed E-state index contributed by atoms with van der Waals surface area (Å²) < 4.78 is 5.12. The Bertz CT molecular complexity index is 474. The first-order valence-electron chi connectivity index (χ1n) is 6.23. The van der Waals surface area contributed by atoms with Gasteiger partial charge in [-0.15, -0.1) is 0 Å². The number of rotatable bonds is 7. The summed E-state index contributed by atoms with van der Waals surface area (Å²) in [6, 6.07) is 4.90. The van der Waals surface area contributed by atoms with Crippen LogP contribution in [-0.4, -0.2) is 30.1 Å². The van der Waals surface area contributed by atoms with E-state index in [1.165, 1.54) is 6.92 Å². The fourth-order valence-corrected chi connectivity index (χ4v) is 2.13. The van der Waals surface area contributed by atoms with Crippen LogP contribution in [0.3, 0.4) is 0 Å². The lowest BCUT2D eigenvalue weighted by Crippen LogP contribution is -2.35. The number of hydrogen-bond acceptors (Lipinski definition) is 3. The highest BCUT2D eigenvalue weighted by Gasteiger charge is 2.15. The predicted octanol–water partition coefficient (Wildman–Crippen LogP) is 2.26. The summed E-state index contributed by atoms with van der Waals surface area (Å²) in [5.74, 6) is -0.493. The zero-order chi connectivity index (χ0) is 15.1. The average Bonchev–Trinajstić information content (AvgIpc) is 2.36. The summed E-state index contributed by atoms with van der Waals surface area (Å²) in [6.07, 6.45) is 0.953. The van der Waals surface area contributed by atoms with E-state index in [2.05, 4.69) is 5.32 Å². The zero-order valence-electron chi connectivity index (χ0n) is 11.5. The Morgan fingerprint density at radius 1 is 1.45 bits per heavy atom. The van der Waals surface area contributed by atoms with Crippen molar-refractivity contribution in [2.45, 2.75) is 32.2 Å². The molecule has 0 aromatic heterocycles. The number of halogens is 1. The SMILES string of the molecule is COc1ccc(Cl)c(CC[C@@H](CC(=O)O)NC(C)=O)c1. The number of aliphatic carboxylic acids is 1. The number of nitrogens with one attached hydrogen (secondary N) is 1. The van der Waals surface area contributed by atoms with Gasteiger partial charge >= 0.3 is 5.97 Å². The second-order valence-corrected chi connectivity index (χ2v) is 4.90. The minimum atomic E-state index is -0.944. The van der Waals surface area contributed by atoms with Gasteiger partial charge in [0.15, 0.2) is 0 Å². The average molecular weight is 300 g/mol. The summed E-state index contributed by atoms with van der Waals surface area (Å²) in [5.41, 5.74) is 0.867. The van der Waals surface area contributed by atoms with Crippen LogP contribution in [0.4, 0.5) is 0 Å². The van der Waals surface area contributed by atoms with Crippen molar-refractivity contribution in [1.29, 1.82) is 0 Å². The highest BCUT2D eigenvalue weighted by atomic mass is 35.5. The lowest BCUT2D eigenvalue weighted by Gasteiger charge is -2.16. The van der Waals surface area contributed by atoms with Crippen molar-refractivity contribution in [3.63, 3.8) is 0 Å². The third-order valence-corrected chi connectivity index (χ3v) is 3.21. The lowest BCUT2D eigenvalue weighted by atomic mass is 10.0. The van der Waals surface area contributed by atoms with E-state index in [1.807, 2.05) is 6.07 Å². The molecule has 0 aliphatic heterocycles. The first kappa shape index (κ1) is 16.3. The molecule has 1 aromatic carbocycles. The number of hydrogen-bond donors (Lipinski definition) is 2. The van der Waals surface area contributed by atoms with Crippen LogP contribution in [-0.2, 0) is 16.0 Å². The number of benzene rings is 1. The second-order valence-electron chi connectivity index (χ2n) is 4.49. The Morgan fingerprint density at radius 2 is 2.15 bits per heavy atom. The molecule has 0 aliphatic carbocycles. The third-order valence-electron chi connectivity index (χ3n) is 2.84. The van der Waals surface area contributed by atoms with Crippen molar-refractivity contribution >= 4 is 23.5 Å². The van der Waals surface area contributed by atoms with Gasteiger partial charge in [-0.05, 0) is 36.6 Å². The standard InChI is InChI=1S/C14H18ClNO4/c1-9(17)16-11(8-14(18)19)4-3-10-7-12(20-2)5-6-13(10)15/h5-7,11H,3-4,8H2,1-2H3,(H,16,17)(H,18,19)/t11-/m0/s1. The monoisotopic (exact) mass is 299 g/mol. The molecule has 1 amide bonds. The fourth-order valence-electron chi connectivity index (χ4n) is 1.92. The van der Waals surface area contributed by atoms with Gasteiger partial charge in [0.25, 0.3) is 0 Å². The van der Waals surface area contributed by atoms with Crippen molar-refractivity contribution < 1.29 is 19.4 Å². The number of carboxylic acid groups (broad SMARTS) is 1. The first-order chi connectivity index (χ1) is 9.42. The molecular weight excluding hydrogens is 282 g/mol. The van der Waals surface area contributed by atoms with Crippen molar-refractivity contribution in [2.75, 3.05) is 7.11 Å². The van der Waals surface area contributed by atoms with Gasteiger partial charge in [0.2, 0.25) is 5.91 Å². The Labute approximate surface area is 122 Å². The summed E-state index contributed by atoms with van der Waals surface area (Å²) >= 11 is 6.09. The molecule has 2 N–H and O–H groups in total. The van der Waals surface area contributed by atoms with Crippen LogP contribution in [0.15, 0.2) is 18.2 Å². The van der Waals surface area contributed by atoms with Gasteiger partial charge in [-0.1, -0.05) is 11.6 Å². The van der Waals surface area contributed by atoms with E-state index in [-0.39, 0.29) is 12.3 Å². The van der Waals surface area contributed by atoms with Crippen molar-refractivity contribution in [3.05, 3.63) is 28.8 Å². The molecule has 0 aliphatic rings. The molecule has 0 saturated heterocycles. The van der Waals surface area contributed by atoms with Gasteiger partial charge in [-0.2, -0.15) is 0 Å². The summed E-state index contributed by atoms with van der Waals surface area (Å²) in [7, 11) is 1.57. The Balaban J connectivity index is 2.70. The summed E-state index contributed by atoms with van der Waals surface area (Å²) in [6.45, 7) is 1.37. The van der Waals surface area contributed by atoms with Gasteiger partial charge in [0.1, 0.15) is 5.75 Å². The maximum absolute atomic E-state index is 11.1. The van der Waals surface area contributed by atoms with Gasteiger partial charge in [-0.3, -0.25) is 9.59 Å². The van der Waals surface area contributed by atoms with Crippen LogP contribution in [0, 0.1) is 0 Å². The summed E-state index contributed by atoms with van der Waals surface area (Å²) in [5, 5.41) is 12.1. The smallest absolute Gasteiger partial charge is 0.305 e. The number of carbonyl (C=O) groups excluding carboxylic acids is 1. The maximum atomic E-state index is 11.1. The number of ether oxygens (including phenoxy) is 1. The van der Waals surface area contributed by atoms with E-state index in [0.29, 0.717) is 23.6 Å². The third kappa shape index (κ3) is 5.48. The summed E-state index contributed by atoms with van der Waals surface area (Å²) in [4.78, 5) is 21.8. The Morgan fingerprint density at radius 3 is 2.70 bits per heavy atom. The lowest BCUT2D eigenvalue weighted by molar-refractivity contribution is -0.137. The molecule has 1 aromatic rings. The van der Waals surface area contributed by atoms with Crippen LogP contribution in [0.1, 0.15) is 25.3 Å². The zero-order valence-corrected chi connectivity index (χ0v) is 12.2. The Kier molecular flexibility index (Phi) is 6.31. The normalized spacial score (nSPS) is 11.8. The van der Waals surface area contributed by atoms with Crippen LogP contribution < -0.4 is 10.1 Å². The van der Waals surface area contributed by atoms with Crippen LogP contribution in [0.2, 0.25) is 5.02 Å². The maximum Gasteiger partial charge on any atom is 0.305 e. The van der Waals surface area contributed by atoms with E-state index in [9.17, 15) is 9.59 Å². The van der Waals surface area contributed by atoms with E-state index in [1.54, 1.807) is 19.2 Å². The van der Waals surface area contributed by atoms with Crippen molar-refractivity contribution in [1.82, 2.24) is 5.32 Å². The van der Waals surface area contributed by atoms with E-state index >= 15 is 0 Å². The first-order valence-corrected chi connectivity index (χ1v) is 6.61. The quantitative estimate of drug-likeness (QED) is 0.810. The number of methoxy groups -OCH3 is 1. The number of carboxylic acids is 1. The molecule has 0 spiro atoms. The van der Waals surface area contributed by atoms with Crippen molar-refractivity contribution in [3.8, 4) is 5.75 Å². The Hall–Kier alpha value is -1.75.